The summed E-state index contributed by atoms with van der Waals surface area (Å²) in [6.45, 7) is 12.8. The SMILES string of the molecule is Cc1cc(-c2ncc(-c3ccc(C#N)cc3C)nc2C)cc(C(C)(C)C)c1. The van der Waals surface area contributed by atoms with E-state index < -0.39 is 0 Å². The number of hydrogen-bond donors (Lipinski definition) is 0. The van der Waals surface area contributed by atoms with Crippen LogP contribution in [0.15, 0.2) is 42.6 Å². The zero-order chi connectivity index (χ0) is 19.8. The van der Waals surface area contributed by atoms with E-state index >= 15 is 0 Å². The number of nitrogens with zero attached hydrogens (tertiary/aromatic N) is 3. The Bertz CT molecular complexity index is 1050. The normalized spacial score (nSPS) is 11.3. The summed E-state index contributed by atoms with van der Waals surface area (Å²) in [5.41, 5.74) is 9.07. The molecule has 27 heavy (non-hydrogen) atoms. The summed E-state index contributed by atoms with van der Waals surface area (Å²) in [4.78, 5) is 9.56. The van der Waals surface area contributed by atoms with Crippen LogP contribution >= 0.6 is 0 Å². The average Bonchev–Trinajstić information content (AvgIpc) is 2.60. The average molecular weight is 355 g/mol. The van der Waals surface area contributed by atoms with Gasteiger partial charge in [-0.25, -0.2) is 4.98 Å². The molecule has 136 valence electrons. The molecule has 0 atom stereocenters. The van der Waals surface area contributed by atoms with Crippen molar-refractivity contribution in [2.24, 2.45) is 0 Å². The molecule has 0 radical (unpaired) electrons. The van der Waals surface area contributed by atoms with Crippen molar-refractivity contribution in [3.05, 3.63) is 70.5 Å². The molecular formula is C24H25N3. The number of aromatic nitrogens is 2. The van der Waals surface area contributed by atoms with Gasteiger partial charge in [0.05, 0.1) is 34.9 Å². The minimum atomic E-state index is 0.0850. The Kier molecular flexibility index (Phi) is 4.85. The van der Waals surface area contributed by atoms with Crippen LogP contribution in [-0.4, -0.2) is 9.97 Å². The van der Waals surface area contributed by atoms with Crippen LogP contribution in [-0.2, 0) is 5.41 Å². The monoisotopic (exact) mass is 355 g/mol. The van der Waals surface area contributed by atoms with Gasteiger partial charge in [-0.05, 0) is 61.6 Å². The van der Waals surface area contributed by atoms with Gasteiger partial charge in [0.2, 0.25) is 0 Å². The molecule has 2 aromatic carbocycles. The Morgan fingerprint density at radius 3 is 2.30 bits per heavy atom. The third kappa shape index (κ3) is 3.90. The number of nitriles is 1. The maximum absolute atomic E-state index is 9.05. The molecule has 0 aliphatic rings. The summed E-state index contributed by atoms with van der Waals surface area (Å²) in [7, 11) is 0. The van der Waals surface area contributed by atoms with E-state index in [2.05, 4.69) is 52.0 Å². The molecule has 0 fully saturated rings. The number of aryl methyl sites for hydroxylation is 3. The van der Waals surface area contributed by atoms with E-state index in [-0.39, 0.29) is 5.41 Å². The first-order valence-electron chi connectivity index (χ1n) is 9.16. The fourth-order valence-electron chi connectivity index (χ4n) is 3.27. The lowest BCUT2D eigenvalue weighted by atomic mass is 9.84. The molecule has 0 unspecified atom stereocenters. The second-order valence-corrected chi connectivity index (χ2v) is 8.17. The Morgan fingerprint density at radius 1 is 0.963 bits per heavy atom. The van der Waals surface area contributed by atoms with Crippen molar-refractivity contribution in [2.45, 2.75) is 47.0 Å². The van der Waals surface area contributed by atoms with E-state index in [9.17, 15) is 0 Å². The lowest BCUT2D eigenvalue weighted by molar-refractivity contribution is 0.590. The molecule has 0 saturated carbocycles. The Hall–Kier alpha value is -2.99. The van der Waals surface area contributed by atoms with Crippen LogP contribution in [0, 0.1) is 32.1 Å². The predicted octanol–water partition coefficient (Wildman–Crippen LogP) is 5.91. The molecule has 0 N–H and O–H groups in total. The van der Waals surface area contributed by atoms with Gasteiger partial charge < -0.3 is 0 Å². The zero-order valence-electron chi connectivity index (χ0n) is 16.9. The van der Waals surface area contributed by atoms with E-state index in [1.165, 1.54) is 11.1 Å². The first-order valence-corrected chi connectivity index (χ1v) is 9.16. The van der Waals surface area contributed by atoms with Crippen molar-refractivity contribution in [2.75, 3.05) is 0 Å². The van der Waals surface area contributed by atoms with Crippen molar-refractivity contribution in [1.82, 2.24) is 9.97 Å². The lowest BCUT2D eigenvalue weighted by Gasteiger charge is -2.21. The third-order valence-corrected chi connectivity index (χ3v) is 4.80. The van der Waals surface area contributed by atoms with Gasteiger partial charge in [0.1, 0.15) is 0 Å². The third-order valence-electron chi connectivity index (χ3n) is 4.80. The zero-order valence-corrected chi connectivity index (χ0v) is 16.9. The minimum Gasteiger partial charge on any atom is -0.252 e. The van der Waals surface area contributed by atoms with Crippen molar-refractivity contribution >= 4 is 0 Å². The van der Waals surface area contributed by atoms with E-state index in [1.54, 1.807) is 0 Å². The van der Waals surface area contributed by atoms with Crippen molar-refractivity contribution in [3.8, 4) is 28.6 Å². The first kappa shape index (κ1) is 18.8. The Labute approximate surface area is 161 Å². The van der Waals surface area contributed by atoms with E-state index in [4.69, 9.17) is 15.2 Å². The maximum atomic E-state index is 9.05. The summed E-state index contributed by atoms with van der Waals surface area (Å²) in [6.07, 6.45) is 1.83. The fourth-order valence-corrected chi connectivity index (χ4v) is 3.27. The smallest absolute Gasteiger partial charge is 0.0991 e. The highest BCUT2D eigenvalue weighted by atomic mass is 14.8. The maximum Gasteiger partial charge on any atom is 0.0991 e. The summed E-state index contributed by atoms with van der Waals surface area (Å²) >= 11 is 0. The molecular weight excluding hydrogens is 330 g/mol. The fraction of sp³-hybridized carbons (Fsp3) is 0.292. The standard InChI is InChI=1S/C24H25N3/c1-15-9-19(12-20(10-15)24(4,5)6)23-17(3)27-22(14-26-23)21-8-7-18(13-25)11-16(21)2/h7-12,14H,1-6H3. The van der Waals surface area contributed by atoms with Crippen LogP contribution in [0.4, 0.5) is 0 Å². The lowest BCUT2D eigenvalue weighted by Crippen LogP contribution is -2.11. The van der Waals surface area contributed by atoms with Crippen molar-refractivity contribution < 1.29 is 0 Å². The van der Waals surface area contributed by atoms with Gasteiger partial charge in [-0.3, -0.25) is 4.98 Å². The number of hydrogen-bond acceptors (Lipinski definition) is 3. The van der Waals surface area contributed by atoms with Crippen LogP contribution in [0.5, 0.6) is 0 Å². The Morgan fingerprint density at radius 2 is 1.70 bits per heavy atom. The van der Waals surface area contributed by atoms with Gasteiger partial charge in [-0.15, -0.1) is 0 Å². The second-order valence-electron chi connectivity index (χ2n) is 8.17. The summed E-state index contributed by atoms with van der Waals surface area (Å²) in [5.74, 6) is 0. The van der Waals surface area contributed by atoms with E-state index in [0.717, 1.165) is 33.8 Å². The molecule has 0 bridgehead atoms. The quantitative estimate of drug-likeness (QED) is 0.574. The van der Waals surface area contributed by atoms with Gasteiger partial charge >= 0.3 is 0 Å². The summed E-state index contributed by atoms with van der Waals surface area (Å²) in [6, 6.07) is 14.5. The van der Waals surface area contributed by atoms with Crippen LogP contribution in [0.25, 0.3) is 22.5 Å². The van der Waals surface area contributed by atoms with Gasteiger partial charge in [0, 0.05) is 11.1 Å². The molecule has 0 spiro atoms. The van der Waals surface area contributed by atoms with Crippen LogP contribution in [0.1, 0.15) is 48.7 Å². The molecule has 1 heterocycles. The predicted molar refractivity (Wildman–Crippen MR) is 111 cm³/mol. The number of benzene rings is 2. The molecule has 0 aliphatic carbocycles. The van der Waals surface area contributed by atoms with Crippen LogP contribution in [0.2, 0.25) is 0 Å². The molecule has 1 aromatic heterocycles. The molecule has 3 nitrogen and oxygen atoms in total. The van der Waals surface area contributed by atoms with Crippen LogP contribution in [0.3, 0.4) is 0 Å². The summed E-state index contributed by atoms with van der Waals surface area (Å²) in [5, 5.41) is 9.05. The van der Waals surface area contributed by atoms with Gasteiger partial charge in [0.25, 0.3) is 0 Å². The molecule has 3 aromatic rings. The highest BCUT2D eigenvalue weighted by Gasteiger charge is 2.17. The van der Waals surface area contributed by atoms with Gasteiger partial charge in [0.15, 0.2) is 0 Å². The minimum absolute atomic E-state index is 0.0850. The second kappa shape index (κ2) is 6.96. The van der Waals surface area contributed by atoms with Gasteiger partial charge in [-0.2, -0.15) is 5.26 Å². The molecule has 3 rings (SSSR count). The molecule has 0 saturated heterocycles. The highest BCUT2D eigenvalue weighted by molar-refractivity contribution is 5.68. The molecule has 3 heteroatoms. The Balaban J connectivity index is 2.06. The van der Waals surface area contributed by atoms with Crippen LogP contribution < -0.4 is 0 Å². The highest BCUT2D eigenvalue weighted by Crippen LogP contribution is 2.30. The number of rotatable bonds is 2. The molecule has 0 aliphatic heterocycles. The van der Waals surface area contributed by atoms with Crippen molar-refractivity contribution in [3.63, 3.8) is 0 Å². The van der Waals surface area contributed by atoms with E-state index in [0.29, 0.717) is 5.56 Å². The van der Waals surface area contributed by atoms with Gasteiger partial charge in [-0.1, -0.05) is 38.5 Å². The molecule has 0 amide bonds. The summed E-state index contributed by atoms with van der Waals surface area (Å²) < 4.78 is 0. The topological polar surface area (TPSA) is 49.6 Å². The van der Waals surface area contributed by atoms with E-state index in [1.807, 2.05) is 38.2 Å². The first-order chi connectivity index (χ1) is 12.7. The van der Waals surface area contributed by atoms with Crippen molar-refractivity contribution in [1.29, 1.82) is 5.26 Å². The largest absolute Gasteiger partial charge is 0.252 e.